The molecule has 0 N–H and O–H groups in total. The molecule has 100 valence electrons. The van der Waals surface area contributed by atoms with E-state index in [0.717, 1.165) is 11.1 Å². The Balaban J connectivity index is 1.98. The van der Waals surface area contributed by atoms with Gasteiger partial charge in [0.05, 0.1) is 17.2 Å². The Morgan fingerprint density at radius 1 is 0.850 bits per heavy atom. The number of rotatable bonds is 2. The van der Waals surface area contributed by atoms with Crippen molar-refractivity contribution < 1.29 is 9.59 Å². The van der Waals surface area contributed by atoms with E-state index in [9.17, 15) is 9.59 Å². The topological polar surface area (TPSA) is 37.4 Å². The van der Waals surface area contributed by atoms with Gasteiger partial charge in [0.2, 0.25) is 0 Å². The molecular formula is C17H15NO2. The molecule has 0 unspecified atom stereocenters. The fraction of sp³-hybridized carbons (Fsp3) is 0.176. The highest BCUT2D eigenvalue weighted by atomic mass is 16.2. The van der Waals surface area contributed by atoms with Crippen LogP contribution in [0.15, 0.2) is 48.5 Å². The molecule has 0 fully saturated rings. The van der Waals surface area contributed by atoms with E-state index in [-0.39, 0.29) is 17.9 Å². The average molecular weight is 265 g/mol. The number of hydrogen-bond donors (Lipinski definition) is 0. The number of hydrogen-bond acceptors (Lipinski definition) is 2. The number of aryl methyl sites for hydroxylation is 1. The minimum Gasteiger partial charge on any atom is -0.269 e. The minimum atomic E-state index is -0.261. The number of imide groups is 1. The molecule has 20 heavy (non-hydrogen) atoms. The summed E-state index contributed by atoms with van der Waals surface area (Å²) in [5.74, 6) is -0.419. The van der Waals surface area contributed by atoms with Gasteiger partial charge in [-0.2, -0.15) is 0 Å². The second-order valence-electron chi connectivity index (χ2n) is 5.11. The largest absolute Gasteiger partial charge is 0.269 e. The molecule has 1 heterocycles. The lowest BCUT2D eigenvalue weighted by Gasteiger charge is -2.23. The van der Waals surface area contributed by atoms with Gasteiger partial charge in [-0.1, -0.05) is 42.0 Å². The van der Waals surface area contributed by atoms with Crippen LogP contribution in [0.25, 0.3) is 0 Å². The molecule has 1 aliphatic rings. The minimum absolute atomic E-state index is 0.210. The van der Waals surface area contributed by atoms with Crippen molar-refractivity contribution in [2.75, 3.05) is 0 Å². The summed E-state index contributed by atoms with van der Waals surface area (Å²) >= 11 is 0. The molecule has 2 aromatic rings. The molecule has 2 amide bonds. The molecule has 3 heteroatoms. The molecule has 0 radical (unpaired) electrons. The number of fused-ring (bicyclic) bond motifs is 1. The molecule has 0 aliphatic carbocycles. The second-order valence-corrected chi connectivity index (χ2v) is 5.11. The Hall–Kier alpha value is -2.42. The normalized spacial score (nSPS) is 15.4. The van der Waals surface area contributed by atoms with Crippen LogP contribution >= 0.6 is 0 Å². The lowest BCUT2D eigenvalue weighted by atomic mass is 10.1. The van der Waals surface area contributed by atoms with Crippen LogP contribution in [0.5, 0.6) is 0 Å². The summed E-state index contributed by atoms with van der Waals surface area (Å²) in [6.07, 6.45) is 0. The van der Waals surface area contributed by atoms with Gasteiger partial charge in [0, 0.05) is 0 Å². The highest BCUT2D eigenvalue weighted by Gasteiger charge is 2.38. The predicted molar refractivity (Wildman–Crippen MR) is 76.5 cm³/mol. The maximum atomic E-state index is 12.4. The molecule has 2 aromatic carbocycles. The zero-order chi connectivity index (χ0) is 14.3. The van der Waals surface area contributed by atoms with Crippen LogP contribution in [0.2, 0.25) is 0 Å². The molecule has 0 spiro atoms. The first kappa shape index (κ1) is 12.6. The van der Waals surface area contributed by atoms with Crippen LogP contribution in [0, 0.1) is 6.92 Å². The quantitative estimate of drug-likeness (QED) is 0.781. The van der Waals surface area contributed by atoms with Crippen molar-refractivity contribution in [1.29, 1.82) is 0 Å². The monoisotopic (exact) mass is 265 g/mol. The highest BCUT2D eigenvalue weighted by Crippen LogP contribution is 2.30. The summed E-state index contributed by atoms with van der Waals surface area (Å²) in [6, 6.07) is 14.6. The number of carbonyl (C=O) groups is 2. The summed E-state index contributed by atoms with van der Waals surface area (Å²) in [4.78, 5) is 26.1. The summed E-state index contributed by atoms with van der Waals surface area (Å²) in [6.45, 7) is 3.89. The number of amides is 2. The maximum absolute atomic E-state index is 12.4. The van der Waals surface area contributed by atoms with Crippen molar-refractivity contribution in [3.05, 3.63) is 70.8 Å². The zero-order valence-electron chi connectivity index (χ0n) is 11.5. The van der Waals surface area contributed by atoms with Crippen molar-refractivity contribution in [2.24, 2.45) is 0 Å². The summed E-state index contributed by atoms with van der Waals surface area (Å²) in [5.41, 5.74) is 3.11. The van der Waals surface area contributed by atoms with Crippen molar-refractivity contribution in [2.45, 2.75) is 19.9 Å². The Morgan fingerprint density at radius 3 is 1.85 bits per heavy atom. The Morgan fingerprint density at radius 2 is 1.35 bits per heavy atom. The van der Waals surface area contributed by atoms with Crippen LogP contribution in [0.4, 0.5) is 0 Å². The SMILES string of the molecule is Cc1ccc([C@H](C)N2C(=O)c3ccccc3C2=O)cc1. The van der Waals surface area contributed by atoms with Gasteiger partial charge in [-0.25, -0.2) is 0 Å². The second kappa shape index (κ2) is 4.60. The standard InChI is InChI=1S/C17H15NO2/c1-11-7-9-13(10-8-11)12(2)18-16(19)14-5-3-4-6-15(14)17(18)20/h3-10,12H,1-2H3/t12-/m0/s1. The first-order valence-corrected chi connectivity index (χ1v) is 6.63. The van der Waals surface area contributed by atoms with Gasteiger partial charge in [-0.15, -0.1) is 0 Å². The summed E-state index contributed by atoms with van der Waals surface area (Å²) < 4.78 is 0. The van der Waals surface area contributed by atoms with Crippen LogP contribution in [-0.4, -0.2) is 16.7 Å². The molecule has 1 aliphatic heterocycles. The van der Waals surface area contributed by atoms with Gasteiger partial charge in [-0.3, -0.25) is 14.5 Å². The van der Waals surface area contributed by atoms with Gasteiger partial charge in [0.15, 0.2) is 0 Å². The first-order chi connectivity index (χ1) is 9.59. The van der Waals surface area contributed by atoms with Gasteiger partial charge >= 0.3 is 0 Å². The van der Waals surface area contributed by atoms with Crippen molar-refractivity contribution in [3.8, 4) is 0 Å². The third-order valence-electron chi connectivity index (χ3n) is 3.77. The Labute approximate surface area is 117 Å². The first-order valence-electron chi connectivity index (χ1n) is 6.63. The number of nitrogens with zero attached hydrogens (tertiary/aromatic N) is 1. The summed E-state index contributed by atoms with van der Waals surface area (Å²) in [5, 5.41) is 0. The smallest absolute Gasteiger partial charge is 0.262 e. The predicted octanol–water partition coefficient (Wildman–Crippen LogP) is 3.35. The van der Waals surface area contributed by atoms with Gasteiger partial charge in [0.25, 0.3) is 11.8 Å². The van der Waals surface area contributed by atoms with Crippen molar-refractivity contribution >= 4 is 11.8 Å². The zero-order valence-corrected chi connectivity index (χ0v) is 11.5. The van der Waals surface area contributed by atoms with Crippen LogP contribution < -0.4 is 0 Å². The van der Waals surface area contributed by atoms with Crippen LogP contribution in [-0.2, 0) is 0 Å². The van der Waals surface area contributed by atoms with E-state index in [2.05, 4.69) is 0 Å². The molecule has 3 nitrogen and oxygen atoms in total. The van der Waals surface area contributed by atoms with Crippen LogP contribution in [0.3, 0.4) is 0 Å². The van der Waals surface area contributed by atoms with E-state index in [1.165, 1.54) is 4.90 Å². The van der Waals surface area contributed by atoms with Crippen molar-refractivity contribution in [3.63, 3.8) is 0 Å². The third kappa shape index (κ3) is 1.83. The maximum Gasteiger partial charge on any atom is 0.262 e. The molecule has 0 saturated heterocycles. The molecule has 0 aromatic heterocycles. The molecular weight excluding hydrogens is 250 g/mol. The van der Waals surface area contributed by atoms with E-state index in [4.69, 9.17) is 0 Å². The van der Waals surface area contributed by atoms with E-state index in [0.29, 0.717) is 11.1 Å². The Kier molecular flexibility index (Phi) is 2.90. The van der Waals surface area contributed by atoms with E-state index in [1.807, 2.05) is 38.1 Å². The lowest BCUT2D eigenvalue weighted by molar-refractivity contribution is 0.0595. The molecule has 0 bridgehead atoms. The fourth-order valence-electron chi connectivity index (χ4n) is 2.55. The summed E-state index contributed by atoms with van der Waals surface area (Å²) in [7, 11) is 0. The van der Waals surface area contributed by atoms with E-state index < -0.39 is 0 Å². The van der Waals surface area contributed by atoms with Gasteiger partial charge < -0.3 is 0 Å². The van der Waals surface area contributed by atoms with Crippen LogP contribution in [0.1, 0.15) is 44.8 Å². The number of carbonyl (C=O) groups excluding carboxylic acids is 2. The molecule has 0 saturated carbocycles. The van der Waals surface area contributed by atoms with E-state index in [1.54, 1.807) is 24.3 Å². The lowest BCUT2D eigenvalue weighted by Crippen LogP contribution is -2.32. The Bertz CT molecular complexity index is 653. The van der Waals surface area contributed by atoms with Crippen molar-refractivity contribution in [1.82, 2.24) is 4.90 Å². The van der Waals surface area contributed by atoms with Gasteiger partial charge in [-0.05, 0) is 31.5 Å². The number of benzene rings is 2. The van der Waals surface area contributed by atoms with Gasteiger partial charge in [0.1, 0.15) is 0 Å². The average Bonchev–Trinajstić information content (AvgIpc) is 2.72. The fourth-order valence-corrected chi connectivity index (χ4v) is 2.55. The molecule has 3 rings (SSSR count). The third-order valence-corrected chi connectivity index (χ3v) is 3.77. The molecule has 1 atom stereocenters. The van der Waals surface area contributed by atoms with E-state index >= 15 is 0 Å². The highest BCUT2D eigenvalue weighted by molar-refractivity contribution is 6.21.